The maximum absolute atomic E-state index is 12.1. The van der Waals surface area contributed by atoms with Crippen LogP contribution < -0.4 is 10.6 Å². The molecule has 2 N–H and O–H groups in total. The number of ether oxygens (including phenoxy) is 1. The summed E-state index contributed by atoms with van der Waals surface area (Å²) >= 11 is 1.36. The van der Waals surface area contributed by atoms with Crippen LogP contribution in [0.25, 0.3) is 0 Å². The van der Waals surface area contributed by atoms with Gasteiger partial charge in [0.05, 0.1) is 30.6 Å². The first-order valence-electron chi connectivity index (χ1n) is 10.9. The van der Waals surface area contributed by atoms with E-state index in [2.05, 4.69) is 25.5 Å². The van der Waals surface area contributed by atoms with Gasteiger partial charge in [-0.3, -0.25) is 9.89 Å². The van der Waals surface area contributed by atoms with Gasteiger partial charge in [0.1, 0.15) is 15.6 Å². The summed E-state index contributed by atoms with van der Waals surface area (Å²) in [5.41, 5.74) is 0.693. The minimum atomic E-state index is -0.318. The Hall–Kier alpha value is -1.66. The Morgan fingerprint density at radius 3 is 2.75 bits per heavy atom. The molecule has 2 unspecified atom stereocenters. The van der Waals surface area contributed by atoms with Crippen LogP contribution in [0.15, 0.2) is 27.8 Å². The van der Waals surface area contributed by atoms with Gasteiger partial charge in [-0.25, -0.2) is 9.78 Å². The zero-order valence-corrected chi connectivity index (χ0v) is 22.4. The summed E-state index contributed by atoms with van der Waals surface area (Å²) in [5.74, 6) is 1.33. The summed E-state index contributed by atoms with van der Waals surface area (Å²) in [7, 11) is 1.75. The highest BCUT2D eigenvalue weighted by Crippen LogP contribution is 2.26. The maximum atomic E-state index is 12.1. The first-order chi connectivity index (χ1) is 15.0. The van der Waals surface area contributed by atoms with Crippen LogP contribution in [0.1, 0.15) is 71.3 Å². The van der Waals surface area contributed by atoms with E-state index < -0.39 is 0 Å². The molecule has 0 saturated carbocycles. The van der Waals surface area contributed by atoms with Crippen molar-refractivity contribution >= 4 is 47.2 Å². The Morgan fingerprint density at radius 1 is 1.38 bits per heavy atom. The molecular weight excluding hydrogens is 541 g/mol. The third-order valence-corrected chi connectivity index (χ3v) is 6.71. The molecule has 10 heteroatoms. The van der Waals surface area contributed by atoms with Crippen molar-refractivity contribution in [2.45, 2.75) is 52.1 Å². The molecule has 2 aromatic rings. The predicted molar refractivity (Wildman–Crippen MR) is 138 cm³/mol. The van der Waals surface area contributed by atoms with Crippen LogP contribution >= 0.6 is 35.3 Å². The maximum Gasteiger partial charge on any atom is 0.350 e. The summed E-state index contributed by atoms with van der Waals surface area (Å²) in [6.07, 6.45) is 5.45. The first kappa shape index (κ1) is 26.6. The lowest BCUT2D eigenvalue weighted by Gasteiger charge is -2.33. The number of halogens is 1. The molecule has 0 bridgehead atoms. The molecule has 178 valence electrons. The Labute approximate surface area is 211 Å². The minimum Gasteiger partial charge on any atom is -0.468 e. The highest BCUT2D eigenvalue weighted by Gasteiger charge is 2.25. The number of aryl methyl sites for hydroxylation is 1. The number of carbonyl (C=O) groups is 1. The van der Waals surface area contributed by atoms with Crippen LogP contribution in [0.4, 0.5) is 0 Å². The van der Waals surface area contributed by atoms with Gasteiger partial charge in [0.25, 0.3) is 0 Å². The van der Waals surface area contributed by atoms with Gasteiger partial charge < -0.3 is 19.8 Å². The fraction of sp³-hybridized carbons (Fsp3) is 0.591. The summed E-state index contributed by atoms with van der Waals surface area (Å²) in [6.45, 7) is 8.83. The molecule has 1 fully saturated rings. The fourth-order valence-electron chi connectivity index (χ4n) is 3.76. The zero-order valence-electron chi connectivity index (χ0n) is 19.2. The van der Waals surface area contributed by atoms with E-state index in [0.29, 0.717) is 29.7 Å². The van der Waals surface area contributed by atoms with E-state index in [9.17, 15) is 4.79 Å². The van der Waals surface area contributed by atoms with Crippen LogP contribution in [0, 0.1) is 6.92 Å². The van der Waals surface area contributed by atoms with Gasteiger partial charge in [-0.05, 0) is 58.8 Å². The number of guanidine groups is 1. The number of aliphatic imine (C=N–C) groups is 1. The molecule has 3 rings (SSSR count). The first-order valence-corrected chi connectivity index (χ1v) is 11.7. The Kier molecular flexibility index (Phi) is 10.9. The highest BCUT2D eigenvalue weighted by molar-refractivity contribution is 14.0. The van der Waals surface area contributed by atoms with Crippen LogP contribution in [0.2, 0.25) is 0 Å². The lowest BCUT2D eigenvalue weighted by Crippen LogP contribution is -2.44. The van der Waals surface area contributed by atoms with Crippen molar-refractivity contribution in [3.05, 3.63) is 39.7 Å². The van der Waals surface area contributed by atoms with Crippen molar-refractivity contribution < 1.29 is 13.9 Å². The average molecular weight is 576 g/mol. The van der Waals surface area contributed by atoms with Crippen molar-refractivity contribution in [2.75, 3.05) is 33.3 Å². The van der Waals surface area contributed by atoms with Crippen molar-refractivity contribution in [2.24, 2.45) is 4.99 Å². The quantitative estimate of drug-likeness (QED) is 0.210. The van der Waals surface area contributed by atoms with Crippen molar-refractivity contribution in [3.63, 3.8) is 0 Å². The van der Waals surface area contributed by atoms with E-state index in [-0.39, 0.29) is 42.0 Å². The molecule has 0 aliphatic carbocycles. The molecule has 2 aromatic heterocycles. The Balaban J connectivity index is 0.00000363. The number of piperidine rings is 1. The number of likely N-dealkylation sites (tertiary alicyclic amines) is 1. The highest BCUT2D eigenvalue weighted by atomic mass is 127. The number of nitrogens with zero attached hydrogens (tertiary/aromatic N) is 3. The topological polar surface area (TPSA) is 92.0 Å². The number of hydrogen-bond donors (Lipinski definition) is 2. The SMILES string of the molecule is CCOC(=O)c1sc(C(C)NC(=NC)NCC(c2ccco2)N2CCCCC2)nc1C.I. The third kappa shape index (κ3) is 6.92. The normalized spacial score (nSPS) is 16.7. The average Bonchev–Trinajstić information content (AvgIpc) is 3.44. The second-order valence-corrected chi connectivity index (χ2v) is 8.66. The van der Waals surface area contributed by atoms with Crippen molar-refractivity contribution in [1.29, 1.82) is 0 Å². The standard InChI is InChI=1S/C22H33N5O3S.HI/c1-5-29-21(28)19-15(2)25-20(31-19)16(3)26-22(23-4)24-14-17(18-10-9-13-30-18)27-11-7-6-8-12-27;/h9-10,13,16-17H,5-8,11-12,14H2,1-4H3,(H2,23,24,26);1H. The lowest BCUT2D eigenvalue weighted by atomic mass is 10.1. The van der Waals surface area contributed by atoms with E-state index in [1.165, 1.54) is 30.6 Å². The molecular formula is C22H34IN5O3S. The van der Waals surface area contributed by atoms with Gasteiger partial charge in [-0.15, -0.1) is 35.3 Å². The largest absolute Gasteiger partial charge is 0.468 e. The van der Waals surface area contributed by atoms with Gasteiger partial charge in [-0.1, -0.05) is 6.42 Å². The smallest absolute Gasteiger partial charge is 0.350 e. The number of hydrogen-bond acceptors (Lipinski definition) is 7. The second kappa shape index (κ2) is 13.1. The third-order valence-electron chi connectivity index (χ3n) is 5.39. The van der Waals surface area contributed by atoms with Gasteiger partial charge in [-0.2, -0.15) is 0 Å². The molecule has 3 heterocycles. The van der Waals surface area contributed by atoms with Gasteiger partial charge in [0.15, 0.2) is 5.96 Å². The number of furan rings is 1. The van der Waals surface area contributed by atoms with Crippen molar-refractivity contribution in [1.82, 2.24) is 20.5 Å². The number of thiazole rings is 1. The molecule has 0 radical (unpaired) electrons. The summed E-state index contributed by atoms with van der Waals surface area (Å²) in [6, 6.07) is 4.03. The minimum absolute atomic E-state index is 0. The summed E-state index contributed by atoms with van der Waals surface area (Å²) < 4.78 is 10.9. The Bertz CT molecular complexity index is 865. The number of aromatic nitrogens is 1. The van der Waals surface area contributed by atoms with Gasteiger partial charge in [0, 0.05) is 13.6 Å². The van der Waals surface area contributed by atoms with E-state index in [1.54, 1.807) is 20.2 Å². The molecule has 1 aliphatic heterocycles. The number of carbonyl (C=O) groups excluding carboxylic acids is 1. The van der Waals surface area contributed by atoms with E-state index in [4.69, 9.17) is 9.15 Å². The lowest BCUT2D eigenvalue weighted by molar-refractivity contribution is 0.0531. The van der Waals surface area contributed by atoms with E-state index >= 15 is 0 Å². The van der Waals surface area contributed by atoms with Crippen LogP contribution in [-0.2, 0) is 4.74 Å². The van der Waals surface area contributed by atoms with Gasteiger partial charge in [0.2, 0.25) is 0 Å². The molecule has 0 aromatic carbocycles. The Morgan fingerprint density at radius 2 is 2.12 bits per heavy atom. The van der Waals surface area contributed by atoms with Crippen LogP contribution in [-0.4, -0.2) is 55.1 Å². The van der Waals surface area contributed by atoms with Gasteiger partial charge >= 0.3 is 5.97 Å². The molecule has 2 atom stereocenters. The van der Waals surface area contributed by atoms with E-state index in [1.807, 2.05) is 26.0 Å². The predicted octanol–water partition coefficient (Wildman–Crippen LogP) is 4.29. The van der Waals surface area contributed by atoms with Crippen LogP contribution in [0.3, 0.4) is 0 Å². The molecule has 8 nitrogen and oxygen atoms in total. The number of nitrogens with one attached hydrogen (secondary N) is 2. The van der Waals surface area contributed by atoms with E-state index in [0.717, 1.165) is 23.9 Å². The molecule has 1 saturated heterocycles. The second-order valence-electron chi connectivity index (χ2n) is 7.63. The fourth-order valence-corrected chi connectivity index (χ4v) is 4.73. The number of rotatable bonds is 8. The molecule has 0 amide bonds. The molecule has 0 spiro atoms. The summed E-state index contributed by atoms with van der Waals surface area (Å²) in [5, 5.41) is 7.65. The zero-order chi connectivity index (χ0) is 22.2. The monoisotopic (exact) mass is 575 g/mol. The molecule has 32 heavy (non-hydrogen) atoms. The molecule has 1 aliphatic rings. The number of esters is 1. The van der Waals surface area contributed by atoms with Crippen LogP contribution in [0.5, 0.6) is 0 Å². The van der Waals surface area contributed by atoms with Crippen molar-refractivity contribution in [3.8, 4) is 0 Å². The summed E-state index contributed by atoms with van der Waals surface area (Å²) in [4.78, 5) is 24.1.